The van der Waals surface area contributed by atoms with Crippen LogP contribution in [0.15, 0.2) is 22.7 Å². The van der Waals surface area contributed by atoms with Crippen LogP contribution >= 0.6 is 15.9 Å². The van der Waals surface area contributed by atoms with Gasteiger partial charge in [-0.2, -0.15) is 0 Å². The first-order valence-electron chi connectivity index (χ1n) is 3.44. The second-order valence-electron chi connectivity index (χ2n) is 2.43. The van der Waals surface area contributed by atoms with Crippen molar-refractivity contribution < 1.29 is 13.6 Å². The van der Waals surface area contributed by atoms with Crippen molar-refractivity contribution in [1.82, 2.24) is 0 Å². The molecule has 0 saturated carbocycles. The van der Waals surface area contributed by atoms with Crippen LogP contribution in [0, 0.1) is 0 Å². The quantitative estimate of drug-likeness (QED) is 0.670. The number of halogens is 1. The second kappa shape index (κ2) is 4.64. The van der Waals surface area contributed by atoms with Crippen LogP contribution in [0.25, 0.3) is 0 Å². The zero-order valence-corrected chi connectivity index (χ0v) is 8.97. The third-order valence-electron chi connectivity index (χ3n) is 1.51. The van der Waals surface area contributed by atoms with Gasteiger partial charge in [0.05, 0.1) is 5.75 Å². The van der Waals surface area contributed by atoms with Gasteiger partial charge in [-0.25, -0.2) is 4.21 Å². The van der Waals surface area contributed by atoms with E-state index in [2.05, 4.69) is 15.9 Å². The van der Waals surface area contributed by atoms with Crippen LogP contribution in [-0.2, 0) is 16.8 Å². The number of hydrogen-bond donors (Lipinski definition) is 1. The molecule has 70 valence electrons. The van der Waals surface area contributed by atoms with Crippen molar-refractivity contribution in [3.63, 3.8) is 0 Å². The number of carbonyl (C=O) groups is 1. The lowest BCUT2D eigenvalue weighted by Gasteiger charge is -2.01. The molecule has 0 radical (unpaired) electrons. The fourth-order valence-electron chi connectivity index (χ4n) is 0.947. The van der Waals surface area contributed by atoms with Crippen molar-refractivity contribution >= 4 is 33.3 Å². The SMILES string of the molecule is O=Cc1ccc(Br)cc1CS(=O)O. The molecule has 0 aliphatic heterocycles. The van der Waals surface area contributed by atoms with Crippen molar-refractivity contribution in [1.29, 1.82) is 0 Å². The predicted octanol–water partition coefficient (Wildman–Crippen LogP) is 1.98. The maximum Gasteiger partial charge on any atom is 0.157 e. The summed E-state index contributed by atoms with van der Waals surface area (Å²) in [5.41, 5.74) is 1.02. The summed E-state index contributed by atoms with van der Waals surface area (Å²) in [6, 6.07) is 4.99. The van der Waals surface area contributed by atoms with Crippen LogP contribution < -0.4 is 0 Å². The normalized spacial score (nSPS) is 12.5. The Morgan fingerprint density at radius 1 is 1.54 bits per heavy atom. The van der Waals surface area contributed by atoms with Crippen molar-refractivity contribution in [3.05, 3.63) is 33.8 Å². The molecule has 1 aromatic rings. The highest BCUT2D eigenvalue weighted by molar-refractivity contribution is 9.10. The Bertz CT molecular complexity index is 351. The van der Waals surface area contributed by atoms with Crippen molar-refractivity contribution in [3.8, 4) is 0 Å². The van der Waals surface area contributed by atoms with E-state index < -0.39 is 11.1 Å². The molecule has 0 amide bonds. The van der Waals surface area contributed by atoms with Crippen molar-refractivity contribution in [2.75, 3.05) is 0 Å². The summed E-state index contributed by atoms with van der Waals surface area (Å²) in [7, 11) is 0. The van der Waals surface area contributed by atoms with E-state index >= 15 is 0 Å². The largest absolute Gasteiger partial charge is 0.306 e. The van der Waals surface area contributed by atoms with Crippen LogP contribution in [0.4, 0.5) is 0 Å². The fourth-order valence-corrected chi connectivity index (χ4v) is 1.87. The van der Waals surface area contributed by atoms with E-state index in [-0.39, 0.29) is 5.75 Å². The lowest BCUT2D eigenvalue weighted by atomic mass is 10.1. The Balaban J connectivity index is 3.07. The maximum atomic E-state index is 10.5. The van der Waals surface area contributed by atoms with E-state index in [9.17, 15) is 9.00 Å². The van der Waals surface area contributed by atoms with Crippen LogP contribution in [0.2, 0.25) is 0 Å². The minimum atomic E-state index is -1.92. The average Bonchev–Trinajstić information content (AvgIpc) is 2.03. The molecule has 0 bridgehead atoms. The predicted molar refractivity (Wildman–Crippen MR) is 54.0 cm³/mol. The van der Waals surface area contributed by atoms with E-state index in [1.807, 2.05) is 0 Å². The number of aldehydes is 1. The molecular formula is C8H7BrO3S. The Labute approximate surface area is 86.6 Å². The molecule has 1 rings (SSSR count). The Kier molecular flexibility index (Phi) is 3.77. The standard InChI is InChI=1S/C8H7BrO3S/c9-8-2-1-6(4-10)7(3-8)5-13(11)12/h1-4H,5H2,(H,11,12). The van der Waals surface area contributed by atoms with Crippen LogP contribution in [0.3, 0.4) is 0 Å². The van der Waals surface area contributed by atoms with Gasteiger partial charge in [-0.15, -0.1) is 0 Å². The number of benzene rings is 1. The molecule has 0 aromatic heterocycles. The third kappa shape index (κ3) is 3.02. The molecule has 3 nitrogen and oxygen atoms in total. The summed E-state index contributed by atoms with van der Waals surface area (Å²) in [6.07, 6.45) is 0.675. The van der Waals surface area contributed by atoms with Crippen LogP contribution in [-0.4, -0.2) is 15.0 Å². The fraction of sp³-hybridized carbons (Fsp3) is 0.125. The highest BCUT2D eigenvalue weighted by atomic mass is 79.9. The van der Waals surface area contributed by atoms with Gasteiger partial charge in [0.2, 0.25) is 0 Å². The molecule has 0 spiro atoms. The highest BCUT2D eigenvalue weighted by Gasteiger charge is 2.04. The summed E-state index contributed by atoms with van der Waals surface area (Å²) in [5, 5.41) is 0. The van der Waals surface area contributed by atoms with Gasteiger partial charge in [0, 0.05) is 10.0 Å². The minimum Gasteiger partial charge on any atom is -0.306 e. The Morgan fingerprint density at radius 2 is 2.23 bits per heavy atom. The van der Waals surface area contributed by atoms with Crippen LogP contribution in [0.1, 0.15) is 15.9 Å². The van der Waals surface area contributed by atoms with Gasteiger partial charge in [0.25, 0.3) is 0 Å². The maximum absolute atomic E-state index is 10.5. The molecular weight excluding hydrogens is 256 g/mol. The van der Waals surface area contributed by atoms with Gasteiger partial charge in [-0.3, -0.25) is 4.79 Å². The summed E-state index contributed by atoms with van der Waals surface area (Å²) in [4.78, 5) is 10.5. The van der Waals surface area contributed by atoms with Gasteiger partial charge in [0.1, 0.15) is 6.29 Å². The molecule has 0 fully saturated rings. The first kappa shape index (κ1) is 10.6. The van der Waals surface area contributed by atoms with E-state index in [0.717, 1.165) is 4.47 Å². The average molecular weight is 263 g/mol. The van der Waals surface area contributed by atoms with Crippen molar-refractivity contribution in [2.45, 2.75) is 5.75 Å². The Morgan fingerprint density at radius 3 is 2.77 bits per heavy atom. The molecule has 5 heteroatoms. The van der Waals surface area contributed by atoms with Crippen LogP contribution in [0.5, 0.6) is 0 Å². The highest BCUT2D eigenvalue weighted by Crippen LogP contribution is 2.16. The van der Waals surface area contributed by atoms with Gasteiger partial charge in [0.15, 0.2) is 11.1 Å². The minimum absolute atomic E-state index is 0.0203. The number of hydrogen-bond acceptors (Lipinski definition) is 2. The van der Waals surface area contributed by atoms with Gasteiger partial charge < -0.3 is 4.55 Å². The number of rotatable bonds is 3. The topological polar surface area (TPSA) is 54.4 Å². The van der Waals surface area contributed by atoms with E-state index in [1.54, 1.807) is 18.2 Å². The van der Waals surface area contributed by atoms with Gasteiger partial charge in [-0.05, 0) is 17.7 Å². The zero-order valence-electron chi connectivity index (χ0n) is 6.57. The molecule has 0 aliphatic carbocycles. The second-order valence-corrected chi connectivity index (χ2v) is 4.27. The lowest BCUT2D eigenvalue weighted by Crippen LogP contribution is -1.97. The smallest absolute Gasteiger partial charge is 0.157 e. The molecule has 0 heterocycles. The molecule has 1 aromatic carbocycles. The molecule has 13 heavy (non-hydrogen) atoms. The Hall–Kier alpha value is -0.520. The summed E-state index contributed by atoms with van der Waals surface area (Å²) >= 11 is 1.30. The number of carbonyl (C=O) groups excluding carboxylic acids is 1. The first-order chi connectivity index (χ1) is 6.13. The molecule has 1 unspecified atom stereocenters. The lowest BCUT2D eigenvalue weighted by molar-refractivity contribution is 0.112. The zero-order chi connectivity index (χ0) is 9.84. The summed E-state index contributed by atoms with van der Waals surface area (Å²) < 4.78 is 20.0. The first-order valence-corrected chi connectivity index (χ1v) is 5.51. The van der Waals surface area contributed by atoms with E-state index in [4.69, 9.17) is 4.55 Å². The van der Waals surface area contributed by atoms with Gasteiger partial charge >= 0.3 is 0 Å². The van der Waals surface area contributed by atoms with E-state index in [0.29, 0.717) is 17.4 Å². The third-order valence-corrected chi connectivity index (χ3v) is 2.56. The van der Waals surface area contributed by atoms with Crippen molar-refractivity contribution in [2.24, 2.45) is 0 Å². The summed E-state index contributed by atoms with van der Waals surface area (Å²) in [6.45, 7) is 0. The monoisotopic (exact) mass is 262 g/mol. The van der Waals surface area contributed by atoms with Gasteiger partial charge in [-0.1, -0.05) is 22.0 Å². The summed E-state index contributed by atoms with van der Waals surface area (Å²) in [5.74, 6) is -0.0203. The van der Waals surface area contributed by atoms with E-state index in [1.165, 1.54) is 0 Å². The molecule has 1 N–H and O–H groups in total. The molecule has 0 saturated heterocycles. The molecule has 1 atom stereocenters. The molecule has 0 aliphatic rings.